The molecule has 0 spiro atoms. The summed E-state index contributed by atoms with van der Waals surface area (Å²) in [4.78, 5) is 16.7. The number of aryl methyl sites for hydroxylation is 1. The first kappa shape index (κ1) is 18.0. The van der Waals surface area contributed by atoms with Crippen LogP contribution < -0.4 is 5.32 Å². The molecule has 0 aliphatic heterocycles. The fourth-order valence-corrected chi connectivity index (χ4v) is 3.03. The first-order valence-electron chi connectivity index (χ1n) is 8.80. The molecule has 1 N–H and O–H groups in total. The number of nitrogens with zero attached hydrogens (tertiary/aromatic N) is 1. The Morgan fingerprint density at radius 2 is 1.89 bits per heavy atom. The van der Waals surface area contributed by atoms with Gasteiger partial charge in [0.15, 0.2) is 5.58 Å². The van der Waals surface area contributed by atoms with Crippen LogP contribution in [0.5, 0.6) is 0 Å². The number of oxazole rings is 1. The van der Waals surface area contributed by atoms with Gasteiger partial charge < -0.3 is 9.73 Å². The van der Waals surface area contributed by atoms with Crippen LogP contribution in [0.25, 0.3) is 28.6 Å². The van der Waals surface area contributed by atoms with Crippen molar-refractivity contribution < 1.29 is 9.21 Å². The molecule has 138 valence electrons. The van der Waals surface area contributed by atoms with Crippen LogP contribution in [0.4, 0.5) is 5.69 Å². The van der Waals surface area contributed by atoms with E-state index in [2.05, 4.69) is 10.3 Å². The van der Waals surface area contributed by atoms with Crippen LogP contribution in [0.1, 0.15) is 11.1 Å². The number of amides is 1. The van der Waals surface area contributed by atoms with Gasteiger partial charge in [0.1, 0.15) is 5.52 Å². The molecule has 0 bridgehead atoms. The van der Waals surface area contributed by atoms with E-state index in [0.717, 1.165) is 16.6 Å². The first-order chi connectivity index (χ1) is 13.6. The average Bonchev–Trinajstić information content (AvgIpc) is 3.11. The molecular weight excluding hydrogens is 372 g/mol. The second kappa shape index (κ2) is 7.71. The number of hydrogen-bond donors (Lipinski definition) is 1. The van der Waals surface area contributed by atoms with Crippen LogP contribution in [-0.2, 0) is 4.79 Å². The Balaban J connectivity index is 1.58. The van der Waals surface area contributed by atoms with Gasteiger partial charge in [0.25, 0.3) is 0 Å². The van der Waals surface area contributed by atoms with Crippen LogP contribution in [0.15, 0.2) is 77.2 Å². The Bertz CT molecular complexity index is 1180. The van der Waals surface area contributed by atoms with Crippen molar-refractivity contribution in [3.8, 4) is 11.5 Å². The van der Waals surface area contributed by atoms with Gasteiger partial charge in [-0.05, 0) is 54.5 Å². The van der Waals surface area contributed by atoms with Gasteiger partial charge in [-0.2, -0.15) is 0 Å². The molecule has 1 aromatic heterocycles. The van der Waals surface area contributed by atoms with Gasteiger partial charge >= 0.3 is 0 Å². The number of rotatable bonds is 4. The highest BCUT2D eigenvalue weighted by atomic mass is 35.5. The van der Waals surface area contributed by atoms with Gasteiger partial charge in [-0.1, -0.05) is 48.0 Å². The molecule has 5 heteroatoms. The summed E-state index contributed by atoms with van der Waals surface area (Å²) in [6.07, 6.45) is 3.25. The number of benzene rings is 3. The topological polar surface area (TPSA) is 55.1 Å². The van der Waals surface area contributed by atoms with Crippen LogP contribution in [0.2, 0.25) is 5.02 Å². The van der Waals surface area contributed by atoms with Crippen molar-refractivity contribution in [2.24, 2.45) is 0 Å². The van der Waals surface area contributed by atoms with E-state index < -0.39 is 0 Å². The number of carbonyl (C=O) groups excluding carboxylic acids is 1. The van der Waals surface area contributed by atoms with Crippen LogP contribution in [-0.4, -0.2) is 10.9 Å². The average molecular weight is 389 g/mol. The normalized spacial score (nSPS) is 11.2. The zero-order valence-corrected chi connectivity index (χ0v) is 15.9. The fraction of sp³-hybridized carbons (Fsp3) is 0.0435. The van der Waals surface area contributed by atoms with Gasteiger partial charge in [0.05, 0.1) is 10.6 Å². The van der Waals surface area contributed by atoms with Gasteiger partial charge in [0.2, 0.25) is 11.8 Å². The SMILES string of the molecule is Cc1ccc2nc(-c3cc(NC(=O)/C=C/c4ccccc4)ccc3Cl)oc2c1. The van der Waals surface area contributed by atoms with E-state index in [-0.39, 0.29) is 5.91 Å². The lowest BCUT2D eigenvalue weighted by molar-refractivity contribution is -0.111. The molecule has 0 saturated carbocycles. The minimum Gasteiger partial charge on any atom is -0.436 e. The second-order valence-electron chi connectivity index (χ2n) is 6.42. The van der Waals surface area contributed by atoms with Crippen molar-refractivity contribution >= 4 is 40.4 Å². The Labute approximate surface area is 167 Å². The molecule has 0 fully saturated rings. The van der Waals surface area contributed by atoms with E-state index in [0.29, 0.717) is 27.7 Å². The maximum absolute atomic E-state index is 12.2. The fourth-order valence-electron chi connectivity index (χ4n) is 2.83. The van der Waals surface area contributed by atoms with E-state index in [1.807, 2.05) is 55.5 Å². The molecule has 0 unspecified atom stereocenters. The number of aromatic nitrogens is 1. The lowest BCUT2D eigenvalue weighted by Crippen LogP contribution is -2.07. The summed E-state index contributed by atoms with van der Waals surface area (Å²) in [5, 5.41) is 3.34. The van der Waals surface area contributed by atoms with Crippen LogP contribution >= 0.6 is 11.6 Å². The van der Waals surface area contributed by atoms with Crippen molar-refractivity contribution in [2.45, 2.75) is 6.92 Å². The number of carbonyl (C=O) groups is 1. The predicted molar refractivity (Wildman–Crippen MR) is 113 cm³/mol. The minimum atomic E-state index is -0.231. The smallest absolute Gasteiger partial charge is 0.248 e. The van der Waals surface area contributed by atoms with E-state index in [1.54, 1.807) is 24.3 Å². The van der Waals surface area contributed by atoms with E-state index in [1.165, 1.54) is 6.08 Å². The van der Waals surface area contributed by atoms with E-state index in [9.17, 15) is 4.79 Å². The summed E-state index contributed by atoms with van der Waals surface area (Å²) in [5.41, 5.74) is 4.74. The maximum atomic E-state index is 12.2. The number of anilines is 1. The standard InChI is InChI=1S/C23H17ClN2O2/c1-15-7-11-20-21(13-15)28-23(26-20)18-14-17(9-10-19(18)24)25-22(27)12-8-16-5-3-2-4-6-16/h2-14H,1H3,(H,25,27)/b12-8+. The quantitative estimate of drug-likeness (QED) is 0.429. The zero-order valence-electron chi connectivity index (χ0n) is 15.1. The first-order valence-corrected chi connectivity index (χ1v) is 9.17. The van der Waals surface area contributed by atoms with E-state index in [4.69, 9.17) is 16.0 Å². The number of hydrogen-bond acceptors (Lipinski definition) is 3. The number of nitrogens with one attached hydrogen (secondary N) is 1. The van der Waals surface area contributed by atoms with Crippen molar-refractivity contribution in [1.82, 2.24) is 4.98 Å². The molecule has 0 aliphatic rings. The lowest BCUT2D eigenvalue weighted by Gasteiger charge is -2.05. The molecular formula is C23H17ClN2O2. The molecule has 0 atom stereocenters. The molecule has 3 aromatic carbocycles. The minimum absolute atomic E-state index is 0.231. The van der Waals surface area contributed by atoms with Crippen molar-refractivity contribution in [2.75, 3.05) is 5.32 Å². The molecule has 0 aliphatic carbocycles. The summed E-state index contributed by atoms with van der Waals surface area (Å²) in [7, 11) is 0. The number of fused-ring (bicyclic) bond motifs is 1. The molecule has 4 rings (SSSR count). The Hall–Kier alpha value is -3.37. The molecule has 0 saturated heterocycles. The van der Waals surface area contributed by atoms with Crippen molar-refractivity contribution in [3.05, 3.63) is 89.0 Å². The largest absolute Gasteiger partial charge is 0.436 e. The van der Waals surface area contributed by atoms with Gasteiger partial charge in [-0.25, -0.2) is 4.98 Å². The van der Waals surface area contributed by atoms with Crippen LogP contribution in [0.3, 0.4) is 0 Å². The molecule has 4 nitrogen and oxygen atoms in total. The zero-order chi connectivity index (χ0) is 19.5. The van der Waals surface area contributed by atoms with Gasteiger partial charge in [0, 0.05) is 11.8 Å². The molecule has 1 amide bonds. The third-order valence-electron chi connectivity index (χ3n) is 4.23. The maximum Gasteiger partial charge on any atom is 0.248 e. The van der Waals surface area contributed by atoms with Crippen LogP contribution in [0, 0.1) is 6.92 Å². The summed E-state index contributed by atoms with van der Waals surface area (Å²) in [6.45, 7) is 1.99. The highest BCUT2D eigenvalue weighted by Gasteiger charge is 2.13. The predicted octanol–water partition coefficient (Wildman–Crippen LogP) is 6.11. The van der Waals surface area contributed by atoms with E-state index >= 15 is 0 Å². The summed E-state index contributed by atoms with van der Waals surface area (Å²) in [5.74, 6) is 0.187. The van der Waals surface area contributed by atoms with Gasteiger partial charge in [-0.3, -0.25) is 4.79 Å². The lowest BCUT2D eigenvalue weighted by atomic mass is 10.2. The van der Waals surface area contributed by atoms with Crippen molar-refractivity contribution in [1.29, 1.82) is 0 Å². The Morgan fingerprint density at radius 3 is 2.71 bits per heavy atom. The third-order valence-corrected chi connectivity index (χ3v) is 4.56. The summed E-state index contributed by atoms with van der Waals surface area (Å²) in [6, 6.07) is 20.7. The molecule has 28 heavy (non-hydrogen) atoms. The highest BCUT2D eigenvalue weighted by molar-refractivity contribution is 6.33. The second-order valence-corrected chi connectivity index (χ2v) is 6.83. The van der Waals surface area contributed by atoms with Gasteiger partial charge in [-0.15, -0.1) is 0 Å². The Kier molecular flexibility index (Phi) is 4.96. The molecule has 4 aromatic rings. The summed E-state index contributed by atoms with van der Waals surface area (Å²) >= 11 is 6.34. The summed E-state index contributed by atoms with van der Waals surface area (Å²) < 4.78 is 5.86. The highest BCUT2D eigenvalue weighted by Crippen LogP contribution is 2.32. The van der Waals surface area contributed by atoms with Crippen molar-refractivity contribution in [3.63, 3.8) is 0 Å². The molecule has 0 radical (unpaired) electrons. The Morgan fingerprint density at radius 1 is 1.07 bits per heavy atom. The number of halogens is 1. The third kappa shape index (κ3) is 3.97. The molecule has 1 heterocycles. The monoisotopic (exact) mass is 388 g/mol.